The molecule has 0 saturated heterocycles. The highest BCUT2D eigenvalue weighted by molar-refractivity contribution is 5.69. The molecule has 0 saturated carbocycles. The summed E-state index contributed by atoms with van der Waals surface area (Å²) in [7, 11) is 0. The molecule has 1 aliphatic carbocycles. The van der Waals surface area contributed by atoms with E-state index in [-0.39, 0.29) is 19.0 Å². The second-order valence-electron chi connectivity index (χ2n) is 8.01. The average molecular weight is 471 g/mol. The maximum Gasteiger partial charge on any atom is 0.182 e. The van der Waals surface area contributed by atoms with Crippen LogP contribution in [0.3, 0.4) is 0 Å². The number of aliphatic hydroxyl groups is 1. The second kappa shape index (κ2) is 9.87. The van der Waals surface area contributed by atoms with Crippen molar-refractivity contribution in [3.63, 3.8) is 0 Å². The molecule has 0 fully saturated rings. The van der Waals surface area contributed by atoms with Crippen LogP contribution in [0.2, 0.25) is 0 Å². The summed E-state index contributed by atoms with van der Waals surface area (Å²) in [6, 6.07) is 10.4. The third-order valence-corrected chi connectivity index (χ3v) is 5.80. The van der Waals surface area contributed by atoms with E-state index in [0.717, 1.165) is 30.5 Å². The number of benzene rings is 1. The van der Waals surface area contributed by atoms with E-state index in [1.165, 1.54) is 18.5 Å². The van der Waals surface area contributed by atoms with Crippen LogP contribution in [0.5, 0.6) is 5.75 Å². The SMILES string of the molecule is N#Cc1cnccc1Nc1nc(-c2nn(Cc3ccccc3F)c3c2CCC3)ncc1OCCO. The van der Waals surface area contributed by atoms with Gasteiger partial charge in [-0.05, 0) is 31.4 Å². The molecule has 10 heteroatoms. The number of pyridine rings is 1. The van der Waals surface area contributed by atoms with Crippen LogP contribution in [0.1, 0.15) is 28.8 Å². The summed E-state index contributed by atoms with van der Waals surface area (Å²) in [5, 5.41) is 26.5. The van der Waals surface area contributed by atoms with E-state index in [2.05, 4.69) is 26.3 Å². The number of nitrogens with one attached hydrogen (secondary N) is 1. The van der Waals surface area contributed by atoms with Crippen LogP contribution in [-0.2, 0) is 19.4 Å². The molecule has 5 rings (SSSR count). The largest absolute Gasteiger partial charge is 0.486 e. The molecular weight excluding hydrogens is 449 g/mol. The molecular formula is C25H22FN7O2. The number of aliphatic hydroxyl groups excluding tert-OH is 1. The first-order chi connectivity index (χ1) is 17.2. The van der Waals surface area contributed by atoms with Crippen LogP contribution in [0.4, 0.5) is 15.9 Å². The highest BCUT2D eigenvalue weighted by Crippen LogP contribution is 2.34. The molecule has 1 aromatic carbocycles. The van der Waals surface area contributed by atoms with Crippen molar-refractivity contribution in [3.8, 4) is 23.3 Å². The second-order valence-corrected chi connectivity index (χ2v) is 8.01. The molecule has 3 heterocycles. The average Bonchev–Trinajstić information content (AvgIpc) is 3.49. The number of nitrogens with zero attached hydrogens (tertiary/aromatic N) is 6. The fraction of sp³-hybridized carbons (Fsp3) is 0.240. The Morgan fingerprint density at radius 2 is 2.09 bits per heavy atom. The normalized spacial score (nSPS) is 12.3. The van der Waals surface area contributed by atoms with E-state index < -0.39 is 0 Å². The topological polar surface area (TPSA) is 122 Å². The van der Waals surface area contributed by atoms with Crippen molar-refractivity contribution in [1.82, 2.24) is 24.7 Å². The van der Waals surface area contributed by atoms with Crippen molar-refractivity contribution in [3.05, 3.63) is 77.1 Å². The maximum absolute atomic E-state index is 14.3. The molecule has 176 valence electrons. The first kappa shape index (κ1) is 22.4. The summed E-state index contributed by atoms with van der Waals surface area (Å²) in [5.41, 5.74) is 4.17. The van der Waals surface area contributed by atoms with Gasteiger partial charge in [0, 0.05) is 29.2 Å². The van der Waals surface area contributed by atoms with Gasteiger partial charge in [-0.15, -0.1) is 0 Å². The predicted molar refractivity (Wildman–Crippen MR) is 126 cm³/mol. The van der Waals surface area contributed by atoms with Gasteiger partial charge in [-0.3, -0.25) is 9.67 Å². The minimum absolute atomic E-state index is 0.0610. The summed E-state index contributed by atoms with van der Waals surface area (Å²) in [6.45, 7) is 0.208. The molecule has 0 atom stereocenters. The lowest BCUT2D eigenvalue weighted by Crippen LogP contribution is -2.08. The van der Waals surface area contributed by atoms with Gasteiger partial charge in [-0.2, -0.15) is 10.4 Å². The Morgan fingerprint density at radius 1 is 1.20 bits per heavy atom. The van der Waals surface area contributed by atoms with Crippen LogP contribution >= 0.6 is 0 Å². The minimum Gasteiger partial charge on any atom is -0.486 e. The number of ether oxygens (including phenoxy) is 1. The highest BCUT2D eigenvalue weighted by atomic mass is 19.1. The Morgan fingerprint density at radius 3 is 2.91 bits per heavy atom. The van der Waals surface area contributed by atoms with Crippen LogP contribution in [0, 0.1) is 17.1 Å². The van der Waals surface area contributed by atoms with Gasteiger partial charge in [0.25, 0.3) is 0 Å². The van der Waals surface area contributed by atoms with Crippen LogP contribution in [0.25, 0.3) is 11.5 Å². The quantitative estimate of drug-likeness (QED) is 0.401. The van der Waals surface area contributed by atoms with Gasteiger partial charge in [0.2, 0.25) is 0 Å². The molecule has 0 bridgehead atoms. The van der Waals surface area contributed by atoms with Crippen molar-refractivity contribution in [2.75, 3.05) is 18.5 Å². The molecule has 1 aliphatic rings. The van der Waals surface area contributed by atoms with E-state index in [9.17, 15) is 14.8 Å². The van der Waals surface area contributed by atoms with Gasteiger partial charge >= 0.3 is 0 Å². The maximum atomic E-state index is 14.3. The molecule has 9 nitrogen and oxygen atoms in total. The number of nitriles is 1. The monoisotopic (exact) mass is 471 g/mol. The van der Waals surface area contributed by atoms with Gasteiger partial charge in [0.1, 0.15) is 24.2 Å². The van der Waals surface area contributed by atoms with E-state index in [1.807, 2.05) is 10.7 Å². The van der Waals surface area contributed by atoms with Crippen molar-refractivity contribution in [1.29, 1.82) is 5.26 Å². The third kappa shape index (κ3) is 4.54. The first-order valence-electron chi connectivity index (χ1n) is 11.2. The lowest BCUT2D eigenvalue weighted by Gasteiger charge is -2.13. The highest BCUT2D eigenvalue weighted by Gasteiger charge is 2.26. The summed E-state index contributed by atoms with van der Waals surface area (Å²) in [4.78, 5) is 13.1. The van der Waals surface area contributed by atoms with Gasteiger partial charge in [0.05, 0.1) is 30.6 Å². The van der Waals surface area contributed by atoms with Gasteiger partial charge < -0.3 is 15.2 Å². The zero-order valence-electron chi connectivity index (χ0n) is 18.8. The standard InChI is InChI=1S/C25H22FN7O2/c26-19-6-2-1-4-16(19)15-33-21-7-3-5-18(21)23(32-33)25-29-14-22(35-11-10-34)24(31-25)30-20-8-9-28-13-17(20)12-27/h1-2,4,6,8-9,13-14,34H,3,5,7,10-11,15H2,(H,28,29,30,31). The lowest BCUT2D eigenvalue weighted by molar-refractivity contribution is 0.201. The van der Waals surface area contributed by atoms with Crippen molar-refractivity contribution in [2.24, 2.45) is 0 Å². The Labute approximate surface area is 200 Å². The fourth-order valence-electron chi connectivity index (χ4n) is 4.16. The first-order valence-corrected chi connectivity index (χ1v) is 11.2. The van der Waals surface area contributed by atoms with E-state index in [1.54, 1.807) is 24.4 Å². The summed E-state index contributed by atoms with van der Waals surface area (Å²) in [6.07, 6.45) is 7.20. The van der Waals surface area contributed by atoms with Crippen molar-refractivity contribution < 1.29 is 14.2 Å². The number of rotatable bonds is 8. The molecule has 0 unspecified atom stereocenters. The molecule has 0 radical (unpaired) electrons. The number of hydrogen-bond acceptors (Lipinski definition) is 8. The Hall–Kier alpha value is -4.36. The number of hydrogen-bond donors (Lipinski definition) is 2. The minimum atomic E-state index is -0.268. The zero-order valence-corrected chi connectivity index (χ0v) is 18.8. The van der Waals surface area contributed by atoms with E-state index in [0.29, 0.717) is 46.4 Å². The summed E-state index contributed by atoms with van der Waals surface area (Å²) >= 11 is 0. The number of anilines is 2. The van der Waals surface area contributed by atoms with E-state index in [4.69, 9.17) is 9.84 Å². The Kier molecular flexibility index (Phi) is 6.32. The molecule has 0 spiro atoms. The summed E-state index contributed by atoms with van der Waals surface area (Å²) < 4.78 is 21.7. The smallest absolute Gasteiger partial charge is 0.182 e. The van der Waals surface area contributed by atoms with Gasteiger partial charge in [-0.25, -0.2) is 14.4 Å². The Balaban J connectivity index is 1.54. The molecule has 35 heavy (non-hydrogen) atoms. The van der Waals surface area contributed by atoms with Crippen LogP contribution < -0.4 is 10.1 Å². The number of halogens is 1. The molecule has 0 amide bonds. The van der Waals surface area contributed by atoms with Crippen molar-refractivity contribution >= 4 is 11.5 Å². The molecule has 3 aromatic heterocycles. The van der Waals surface area contributed by atoms with Crippen molar-refractivity contribution in [2.45, 2.75) is 25.8 Å². The van der Waals surface area contributed by atoms with Gasteiger partial charge in [-0.1, -0.05) is 18.2 Å². The number of aromatic nitrogens is 5. The molecule has 4 aromatic rings. The van der Waals surface area contributed by atoms with Gasteiger partial charge in [0.15, 0.2) is 17.4 Å². The zero-order chi connectivity index (χ0) is 24.2. The lowest BCUT2D eigenvalue weighted by atomic mass is 10.2. The molecule has 0 aliphatic heterocycles. The van der Waals surface area contributed by atoms with Crippen LogP contribution in [-0.4, -0.2) is 43.1 Å². The number of fused-ring (bicyclic) bond motifs is 1. The fourth-order valence-corrected chi connectivity index (χ4v) is 4.16. The third-order valence-electron chi connectivity index (χ3n) is 5.80. The Bertz CT molecular complexity index is 1410. The predicted octanol–water partition coefficient (Wildman–Crippen LogP) is 3.40. The van der Waals surface area contributed by atoms with E-state index >= 15 is 0 Å². The summed E-state index contributed by atoms with van der Waals surface area (Å²) in [5.74, 6) is 0.782. The van der Waals surface area contributed by atoms with Crippen LogP contribution in [0.15, 0.2) is 48.9 Å². The molecule has 2 N–H and O–H groups in total.